The highest BCUT2D eigenvalue weighted by atomic mass is 35.5. The highest BCUT2D eigenvalue weighted by Gasteiger charge is 2.17. The Hall–Kier alpha value is -4.53. The average Bonchev–Trinajstić information content (AvgIpc) is 2.99. The summed E-state index contributed by atoms with van der Waals surface area (Å²) >= 11 is 7.39. The van der Waals surface area contributed by atoms with Gasteiger partial charge in [0.2, 0.25) is 5.91 Å². The van der Waals surface area contributed by atoms with E-state index in [1.165, 1.54) is 11.8 Å². The molecule has 3 amide bonds. The van der Waals surface area contributed by atoms with Crippen LogP contribution < -0.4 is 20.7 Å². The molecule has 0 aliphatic carbocycles. The van der Waals surface area contributed by atoms with Gasteiger partial charge in [0.05, 0.1) is 11.9 Å². The molecular formula is C33H30ClN3O4S. The number of thioether (sulfide) groups is 1. The van der Waals surface area contributed by atoms with E-state index in [0.29, 0.717) is 39.9 Å². The first-order valence-corrected chi connectivity index (χ1v) is 14.5. The maximum Gasteiger partial charge on any atom is 0.272 e. The molecule has 0 saturated carbocycles. The minimum Gasteiger partial charge on any atom is -0.494 e. The standard InChI is InChI=1S/C33H30ClN3O4S/c1-3-41-28-16-12-23(13-17-28)20-30(37-32(39)24-8-5-4-6-9-24)33(40)35-26-14-18-29(19-15-26)42-22(2)31(38)36-27-11-7-10-25(34)21-27/h4-22H,3H2,1-2H3,(H,35,40)(H,36,38)(H,37,39)/b30-20-. The van der Waals surface area contributed by atoms with Gasteiger partial charge in [-0.25, -0.2) is 0 Å². The average molecular weight is 600 g/mol. The van der Waals surface area contributed by atoms with E-state index < -0.39 is 11.8 Å². The van der Waals surface area contributed by atoms with Crippen molar-refractivity contribution in [3.8, 4) is 5.75 Å². The lowest BCUT2D eigenvalue weighted by molar-refractivity contribution is -0.115. The minimum atomic E-state index is -0.483. The number of carbonyl (C=O) groups excluding carboxylic acids is 3. The van der Waals surface area contributed by atoms with Crippen LogP contribution >= 0.6 is 23.4 Å². The van der Waals surface area contributed by atoms with Gasteiger partial charge in [-0.05, 0) is 92.2 Å². The Labute approximate surface area is 254 Å². The normalized spacial score (nSPS) is 11.7. The molecule has 0 aliphatic heterocycles. The zero-order valence-electron chi connectivity index (χ0n) is 23.1. The molecule has 9 heteroatoms. The SMILES string of the molecule is CCOc1ccc(/C=C(\NC(=O)c2ccccc2)C(=O)Nc2ccc(SC(C)C(=O)Nc3cccc(Cl)c3)cc2)cc1. The van der Waals surface area contributed by atoms with Crippen molar-refractivity contribution in [2.45, 2.75) is 24.0 Å². The monoisotopic (exact) mass is 599 g/mol. The topological polar surface area (TPSA) is 96.5 Å². The zero-order chi connectivity index (χ0) is 29.9. The Morgan fingerprint density at radius 1 is 0.857 bits per heavy atom. The maximum absolute atomic E-state index is 13.3. The van der Waals surface area contributed by atoms with Crippen molar-refractivity contribution in [2.75, 3.05) is 17.2 Å². The van der Waals surface area contributed by atoms with Gasteiger partial charge in [0.25, 0.3) is 11.8 Å². The zero-order valence-corrected chi connectivity index (χ0v) is 24.7. The van der Waals surface area contributed by atoms with Crippen LogP contribution in [0.5, 0.6) is 5.75 Å². The van der Waals surface area contributed by atoms with Gasteiger partial charge in [-0.1, -0.05) is 48.0 Å². The fourth-order valence-corrected chi connectivity index (χ4v) is 4.88. The van der Waals surface area contributed by atoms with Gasteiger partial charge in [0.15, 0.2) is 0 Å². The van der Waals surface area contributed by atoms with Gasteiger partial charge in [-0.15, -0.1) is 11.8 Å². The summed E-state index contributed by atoms with van der Waals surface area (Å²) in [4.78, 5) is 39.7. The lowest BCUT2D eigenvalue weighted by atomic mass is 10.1. The van der Waals surface area contributed by atoms with Gasteiger partial charge >= 0.3 is 0 Å². The smallest absolute Gasteiger partial charge is 0.272 e. The fraction of sp³-hybridized carbons (Fsp3) is 0.121. The number of hydrogen-bond donors (Lipinski definition) is 3. The minimum absolute atomic E-state index is 0.0813. The Morgan fingerprint density at radius 2 is 1.57 bits per heavy atom. The highest BCUT2D eigenvalue weighted by Crippen LogP contribution is 2.26. The molecule has 7 nitrogen and oxygen atoms in total. The van der Waals surface area contributed by atoms with Crippen LogP contribution in [-0.4, -0.2) is 29.6 Å². The van der Waals surface area contributed by atoms with E-state index in [2.05, 4.69) is 16.0 Å². The summed E-state index contributed by atoms with van der Waals surface area (Å²) in [7, 11) is 0. The van der Waals surface area contributed by atoms with Crippen molar-refractivity contribution in [3.05, 3.63) is 125 Å². The largest absolute Gasteiger partial charge is 0.494 e. The number of ether oxygens (including phenoxy) is 1. The van der Waals surface area contributed by atoms with Crippen LogP contribution in [0.2, 0.25) is 5.02 Å². The van der Waals surface area contributed by atoms with Gasteiger partial charge in [0.1, 0.15) is 11.4 Å². The van der Waals surface area contributed by atoms with Crippen molar-refractivity contribution in [1.82, 2.24) is 5.32 Å². The highest BCUT2D eigenvalue weighted by molar-refractivity contribution is 8.00. The summed E-state index contributed by atoms with van der Waals surface area (Å²) in [5.41, 5.74) is 2.39. The van der Waals surface area contributed by atoms with Crippen molar-refractivity contribution >= 4 is 58.5 Å². The molecule has 42 heavy (non-hydrogen) atoms. The first kappa shape index (κ1) is 30.4. The number of carbonyl (C=O) groups is 3. The van der Waals surface area contributed by atoms with Gasteiger partial charge in [0, 0.05) is 26.9 Å². The molecule has 4 aromatic rings. The number of benzene rings is 4. The third kappa shape index (κ3) is 8.99. The molecule has 4 rings (SSSR count). The van der Waals surface area contributed by atoms with Gasteiger partial charge < -0.3 is 20.7 Å². The second-order valence-electron chi connectivity index (χ2n) is 9.12. The third-order valence-electron chi connectivity index (χ3n) is 5.92. The van der Waals surface area contributed by atoms with Crippen LogP contribution in [0.1, 0.15) is 29.8 Å². The van der Waals surface area contributed by atoms with E-state index in [0.717, 1.165) is 4.90 Å². The van der Waals surface area contributed by atoms with E-state index in [1.807, 2.05) is 44.2 Å². The Bertz CT molecular complexity index is 1560. The molecule has 0 bridgehead atoms. The fourth-order valence-electron chi connectivity index (χ4n) is 3.82. The number of halogens is 1. The predicted molar refractivity (Wildman–Crippen MR) is 170 cm³/mol. The number of amides is 3. The summed E-state index contributed by atoms with van der Waals surface area (Å²) in [6.07, 6.45) is 1.61. The molecule has 0 aromatic heterocycles. The first-order chi connectivity index (χ1) is 20.3. The lowest BCUT2D eigenvalue weighted by Crippen LogP contribution is -2.30. The third-order valence-corrected chi connectivity index (χ3v) is 7.26. The van der Waals surface area contributed by atoms with E-state index >= 15 is 0 Å². The molecule has 1 atom stereocenters. The Morgan fingerprint density at radius 3 is 2.24 bits per heavy atom. The van der Waals surface area contributed by atoms with E-state index in [-0.39, 0.29) is 16.9 Å². The first-order valence-electron chi connectivity index (χ1n) is 13.3. The Kier molecular flexibility index (Phi) is 10.8. The molecular weight excluding hydrogens is 570 g/mol. The molecule has 3 N–H and O–H groups in total. The summed E-state index contributed by atoms with van der Waals surface area (Å²) in [6, 6.07) is 30.0. The van der Waals surface area contributed by atoms with Crippen LogP contribution in [0, 0.1) is 0 Å². The number of hydrogen-bond acceptors (Lipinski definition) is 5. The van der Waals surface area contributed by atoms with E-state index in [4.69, 9.17) is 16.3 Å². The van der Waals surface area contributed by atoms with Crippen LogP contribution in [0.15, 0.2) is 114 Å². The quantitative estimate of drug-likeness (QED) is 0.124. The molecule has 0 fully saturated rings. The maximum atomic E-state index is 13.3. The summed E-state index contributed by atoms with van der Waals surface area (Å²) in [5, 5.41) is 8.61. The molecule has 214 valence electrons. The van der Waals surface area contributed by atoms with Gasteiger partial charge in [-0.2, -0.15) is 0 Å². The number of nitrogens with one attached hydrogen (secondary N) is 3. The van der Waals surface area contributed by atoms with Crippen molar-refractivity contribution in [3.63, 3.8) is 0 Å². The summed E-state index contributed by atoms with van der Waals surface area (Å²) in [5.74, 6) is -0.330. The van der Waals surface area contributed by atoms with Crippen LogP contribution in [0.3, 0.4) is 0 Å². The van der Waals surface area contributed by atoms with Crippen LogP contribution in [0.25, 0.3) is 6.08 Å². The van der Waals surface area contributed by atoms with Crippen molar-refractivity contribution in [2.24, 2.45) is 0 Å². The molecule has 0 saturated heterocycles. The number of anilines is 2. The Balaban J connectivity index is 1.44. The van der Waals surface area contributed by atoms with Crippen LogP contribution in [0.4, 0.5) is 11.4 Å². The lowest BCUT2D eigenvalue weighted by Gasteiger charge is -2.14. The van der Waals surface area contributed by atoms with E-state index in [1.54, 1.807) is 78.9 Å². The molecule has 0 spiro atoms. The van der Waals surface area contributed by atoms with Crippen LogP contribution in [-0.2, 0) is 9.59 Å². The molecule has 1 unspecified atom stereocenters. The summed E-state index contributed by atoms with van der Waals surface area (Å²) in [6.45, 7) is 4.26. The van der Waals surface area contributed by atoms with Crippen molar-refractivity contribution < 1.29 is 19.1 Å². The van der Waals surface area contributed by atoms with E-state index in [9.17, 15) is 14.4 Å². The molecule has 4 aromatic carbocycles. The number of rotatable bonds is 11. The molecule has 0 heterocycles. The second-order valence-corrected chi connectivity index (χ2v) is 11.0. The molecule has 0 aliphatic rings. The second kappa shape index (κ2) is 14.9. The summed E-state index contributed by atoms with van der Waals surface area (Å²) < 4.78 is 5.49. The molecule has 0 radical (unpaired) electrons. The van der Waals surface area contributed by atoms with Crippen molar-refractivity contribution in [1.29, 1.82) is 0 Å². The predicted octanol–water partition coefficient (Wildman–Crippen LogP) is 7.27. The van der Waals surface area contributed by atoms with Gasteiger partial charge in [-0.3, -0.25) is 14.4 Å².